The van der Waals surface area contributed by atoms with Gasteiger partial charge in [0.25, 0.3) is 0 Å². The molecule has 0 saturated carbocycles. The minimum absolute atomic E-state index is 0.0120. The molecule has 9 heteroatoms. The number of para-hydroxylation sites is 1. The van der Waals surface area contributed by atoms with Crippen LogP contribution in [0, 0.1) is 0 Å². The summed E-state index contributed by atoms with van der Waals surface area (Å²) in [6, 6.07) is 13.9. The summed E-state index contributed by atoms with van der Waals surface area (Å²) >= 11 is 0. The van der Waals surface area contributed by atoms with E-state index >= 15 is 0 Å². The van der Waals surface area contributed by atoms with E-state index in [-0.39, 0.29) is 10.8 Å². The fourth-order valence-corrected chi connectivity index (χ4v) is 6.40. The lowest BCUT2D eigenvalue weighted by Crippen LogP contribution is -2.38. The zero-order valence-corrected chi connectivity index (χ0v) is 21.8. The van der Waals surface area contributed by atoms with Crippen molar-refractivity contribution in [3.05, 3.63) is 53.9 Å². The number of aryl methyl sites for hydroxylation is 2. The van der Waals surface area contributed by atoms with Gasteiger partial charge in [-0.1, -0.05) is 32.0 Å². The molecule has 188 valence electrons. The molecule has 1 aromatic heterocycles. The van der Waals surface area contributed by atoms with Gasteiger partial charge in [-0.15, -0.1) is 0 Å². The Balaban J connectivity index is 1.36. The minimum atomic E-state index is -3.55. The Bertz CT molecular complexity index is 1310. The summed E-state index contributed by atoms with van der Waals surface area (Å²) in [5, 5.41) is 3.04. The van der Waals surface area contributed by atoms with E-state index in [9.17, 15) is 13.2 Å². The molecule has 1 aliphatic heterocycles. The summed E-state index contributed by atoms with van der Waals surface area (Å²) in [5.74, 6) is 0.747. The van der Waals surface area contributed by atoms with E-state index in [1.165, 1.54) is 15.6 Å². The molecule has 35 heavy (non-hydrogen) atoms. The Morgan fingerprint density at radius 2 is 1.91 bits per heavy atom. The van der Waals surface area contributed by atoms with Crippen LogP contribution >= 0.6 is 0 Å². The highest BCUT2D eigenvalue weighted by molar-refractivity contribution is 7.89. The highest BCUT2D eigenvalue weighted by Gasteiger charge is 2.25. The fraction of sp³-hybridized carbons (Fsp3) is 0.462. The summed E-state index contributed by atoms with van der Waals surface area (Å²) in [7, 11) is -1.65. The van der Waals surface area contributed by atoms with E-state index in [2.05, 4.69) is 46.4 Å². The quantitative estimate of drug-likeness (QED) is 0.465. The number of hydrogen-bond donors (Lipinski definition) is 1. The molecular weight excluding hydrogens is 462 g/mol. The van der Waals surface area contributed by atoms with E-state index in [1.54, 1.807) is 18.2 Å². The predicted octanol–water partition coefficient (Wildman–Crippen LogP) is 3.10. The van der Waals surface area contributed by atoms with Crippen molar-refractivity contribution in [3.8, 4) is 0 Å². The van der Waals surface area contributed by atoms with Crippen molar-refractivity contribution in [2.75, 3.05) is 31.1 Å². The number of anilines is 1. The second kappa shape index (κ2) is 10.4. The number of amides is 1. The highest BCUT2D eigenvalue weighted by Crippen LogP contribution is 2.31. The zero-order valence-electron chi connectivity index (χ0n) is 21.0. The van der Waals surface area contributed by atoms with Crippen LogP contribution in [0.25, 0.3) is 11.0 Å². The fourth-order valence-electron chi connectivity index (χ4n) is 4.93. The van der Waals surface area contributed by atoms with Gasteiger partial charge in [-0.2, -0.15) is 4.31 Å². The van der Waals surface area contributed by atoms with E-state index in [1.807, 2.05) is 25.5 Å². The minimum Gasteiger partial charge on any atom is -0.367 e. The molecule has 1 aliphatic rings. The van der Waals surface area contributed by atoms with Crippen LogP contribution < -0.4 is 10.2 Å². The van der Waals surface area contributed by atoms with E-state index in [0.29, 0.717) is 44.0 Å². The summed E-state index contributed by atoms with van der Waals surface area (Å²) in [6.45, 7) is 8.08. The molecule has 0 aliphatic carbocycles. The summed E-state index contributed by atoms with van der Waals surface area (Å²) in [5.41, 5.74) is 4.09. The van der Waals surface area contributed by atoms with Gasteiger partial charge in [0.15, 0.2) is 0 Å². The number of nitrogens with zero attached hydrogens (tertiary/aromatic N) is 4. The smallest absolute Gasteiger partial charge is 0.243 e. The number of rotatable bonds is 10. The van der Waals surface area contributed by atoms with Crippen LogP contribution in [0.3, 0.4) is 0 Å². The molecule has 1 unspecified atom stereocenters. The van der Waals surface area contributed by atoms with Crippen LogP contribution in [-0.2, 0) is 34.7 Å². The first kappa shape index (κ1) is 25.2. The molecule has 2 aromatic carbocycles. The van der Waals surface area contributed by atoms with Crippen molar-refractivity contribution in [1.29, 1.82) is 0 Å². The first-order chi connectivity index (χ1) is 16.8. The molecule has 0 saturated heterocycles. The van der Waals surface area contributed by atoms with Crippen LogP contribution in [0.15, 0.2) is 47.4 Å². The molecule has 0 radical (unpaired) electrons. The predicted molar refractivity (Wildman–Crippen MR) is 139 cm³/mol. The van der Waals surface area contributed by atoms with Gasteiger partial charge < -0.3 is 14.8 Å². The van der Waals surface area contributed by atoms with Gasteiger partial charge in [0.05, 0.1) is 15.9 Å². The lowest BCUT2D eigenvalue weighted by molar-refractivity contribution is -0.121. The van der Waals surface area contributed by atoms with E-state index in [0.717, 1.165) is 24.3 Å². The average molecular weight is 498 g/mol. The number of nitrogens with one attached hydrogen (secondary N) is 1. The maximum absolute atomic E-state index is 12.9. The number of hydrogen-bond acceptors (Lipinski definition) is 5. The molecule has 1 amide bonds. The van der Waals surface area contributed by atoms with Gasteiger partial charge in [-0.3, -0.25) is 4.79 Å². The molecule has 4 rings (SSSR count). The third-order valence-electron chi connectivity index (χ3n) is 6.89. The Morgan fingerprint density at radius 3 is 2.66 bits per heavy atom. The number of benzene rings is 2. The van der Waals surface area contributed by atoms with Gasteiger partial charge in [0, 0.05) is 57.8 Å². The largest absolute Gasteiger partial charge is 0.367 e. The van der Waals surface area contributed by atoms with Gasteiger partial charge in [-0.05, 0) is 43.2 Å². The Morgan fingerprint density at radius 1 is 1.17 bits per heavy atom. The zero-order chi connectivity index (χ0) is 25.2. The number of carbonyl (C=O) groups is 1. The first-order valence-corrected chi connectivity index (χ1v) is 13.8. The maximum Gasteiger partial charge on any atom is 0.243 e. The SMILES string of the molecule is CCN(CC)S(=O)(=O)c1ccc2c(c1)nc(CCC(=O)NCCN1c3ccccc3CC1C)n2C. The van der Waals surface area contributed by atoms with Gasteiger partial charge in [-0.25, -0.2) is 13.4 Å². The molecule has 2 heterocycles. The topological polar surface area (TPSA) is 87.5 Å². The number of carbonyl (C=O) groups excluding carboxylic acids is 1. The number of imidazole rings is 1. The van der Waals surface area contributed by atoms with Crippen molar-refractivity contribution < 1.29 is 13.2 Å². The van der Waals surface area contributed by atoms with Gasteiger partial charge >= 0.3 is 0 Å². The second-order valence-electron chi connectivity index (χ2n) is 9.05. The van der Waals surface area contributed by atoms with Crippen molar-refractivity contribution >= 4 is 32.7 Å². The monoisotopic (exact) mass is 497 g/mol. The maximum atomic E-state index is 12.9. The molecular formula is C26H35N5O3S. The number of aromatic nitrogens is 2. The molecule has 8 nitrogen and oxygen atoms in total. The third-order valence-corrected chi connectivity index (χ3v) is 8.93. The van der Waals surface area contributed by atoms with Crippen LogP contribution in [0.2, 0.25) is 0 Å². The Hall–Kier alpha value is -2.91. The normalized spacial score (nSPS) is 15.7. The van der Waals surface area contributed by atoms with E-state index < -0.39 is 10.0 Å². The van der Waals surface area contributed by atoms with Crippen LogP contribution in [0.4, 0.5) is 5.69 Å². The molecule has 1 N–H and O–H groups in total. The van der Waals surface area contributed by atoms with Crippen LogP contribution in [0.1, 0.15) is 38.6 Å². The summed E-state index contributed by atoms with van der Waals surface area (Å²) in [4.78, 5) is 19.8. The Labute approximate surface area is 208 Å². The van der Waals surface area contributed by atoms with Crippen molar-refractivity contribution in [2.45, 2.75) is 51.0 Å². The van der Waals surface area contributed by atoms with Crippen LogP contribution in [0.5, 0.6) is 0 Å². The molecule has 0 fully saturated rings. The summed E-state index contributed by atoms with van der Waals surface area (Å²) < 4.78 is 29.1. The van der Waals surface area contributed by atoms with Crippen molar-refractivity contribution in [3.63, 3.8) is 0 Å². The first-order valence-electron chi connectivity index (χ1n) is 12.3. The number of sulfonamides is 1. The third kappa shape index (κ3) is 5.06. The van der Waals surface area contributed by atoms with Crippen LogP contribution in [-0.4, -0.2) is 60.4 Å². The van der Waals surface area contributed by atoms with Crippen molar-refractivity contribution in [2.24, 2.45) is 7.05 Å². The highest BCUT2D eigenvalue weighted by atomic mass is 32.2. The Kier molecular flexibility index (Phi) is 7.47. The lowest BCUT2D eigenvalue weighted by atomic mass is 10.1. The standard InChI is InChI=1S/C26H35N5O3S/c1-5-30(6-2)35(33,34)21-11-12-24-22(18-21)28-25(29(24)4)13-14-26(32)27-15-16-31-19(3)17-20-9-7-8-10-23(20)31/h7-12,18-19H,5-6,13-17H2,1-4H3,(H,27,32). The molecule has 0 spiro atoms. The average Bonchev–Trinajstić information content (AvgIpc) is 3.33. The molecule has 3 aromatic rings. The van der Waals surface area contributed by atoms with Gasteiger partial charge in [0.1, 0.15) is 5.82 Å². The second-order valence-corrected chi connectivity index (χ2v) is 11.0. The molecule has 0 bridgehead atoms. The number of fused-ring (bicyclic) bond motifs is 2. The summed E-state index contributed by atoms with van der Waals surface area (Å²) in [6.07, 6.45) is 1.85. The van der Waals surface area contributed by atoms with Gasteiger partial charge in [0.2, 0.25) is 15.9 Å². The van der Waals surface area contributed by atoms with Crippen molar-refractivity contribution in [1.82, 2.24) is 19.2 Å². The molecule has 1 atom stereocenters. The van der Waals surface area contributed by atoms with E-state index in [4.69, 9.17) is 0 Å². The lowest BCUT2D eigenvalue weighted by Gasteiger charge is -2.25.